The van der Waals surface area contributed by atoms with E-state index in [9.17, 15) is 18.0 Å². The summed E-state index contributed by atoms with van der Waals surface area (Å²) in [6.45, 7) is 5.18. The second kappa shape index (κ2) is 5.63. The standard InChI is InChI=1S/C14H18F3NO/c1-5-14(2,3)13(19)18(4)8-10-11(16)6-9(15)7-12(10)17/h6-7H,5,8H2,1-4H3. The summed E-state index contributed by atoms with van der Waals surface area (Å²) in [5.41, 5.74) is -0.897. The van der Waals surface area contributed by atoms with Gasteiger partial charge in [0.15, 0.2) is 0 Å². The fourth-order valence-electron chi connectivity index (χ4n) is 1.70. The van der Waals surface area contributed by atoms with E-state index in [2.05, 4.69) is 0 Å². The van der Waals surface area contributed by atoms with Crippen LogP contribution >= 0.6 is 0 Å². The van der Waals surface area contributed by atoms with Crippen LogP contribution in [-0.4, -0.2) is 17.9 Å². The molecule has 0 radical (unpaired) electrons. The van der Waals surface area contributed by atoms with Gasteiger partial charge in [-0.3, -0.25) is 4.79 Å². The van der Waals surface area contributed by atoms with E-state index in [0.29, 0.717) is 18.6 Å². The molecule has 0 aliphatic heterocycles. The van der Waals surface area contributed by atoms with Gasteiger partial charge in [-0.05, 0) is 6.42 Å². The molecule has 0 unspecified atom stereocenters. The lowest BCUT2D eigenvalue weighted by Gasteiger charge is -2.28. The topological polar surface area (TPSA) is 20.3 Å². The van der Waals surface area contributed by atoms with E-state index in [0.717, 1.165) is 0 Å². The van der Waals surface area contributed by atoms with Gasteiger partial charge in [-0.1, -0.05) is 20.8 Å². The van der Waals surface area contributed by atoms with E-state index in [1.165, 1.54) is 11.9 Å². The van der Waals surface area contributed by atoms with Gasteiger partial charge in [-0.15, -0.1) is 0 Å². The van der Waals surface area contributed by atoms with Gasteiger partial charge in [0, 0.05) is 30.2 Å². The zero-order valence-electron chi connectivity index (χ0n) is 11.6. The molecule has 0 aromatic heterocycles. The predicted molar refractivity (Wildman–Crippen MR) is 66.9 cm³/mol. The third-order valence-electron chi connectivity index (χ3n) is 3.31. The number of nitrogens with zero attached hydrogens (tertiary/aromatic N) is 1. The Balaban J connectivity index is 2.95. The van der Waals surface area contributed by atoms with E-state index in [1.54, 1.807) is 13.8 Å². The summed E-state index contributed by atoms with van der Waals surface area (Å²) in [6.07, 6.45) is 0.616. The van der Waals surface area contributed by atoms with Gasteiger partial charge in [-0.25, -0.2) is 13.2 Å². The molecule has 0 spiro atoms. The minimum Gasteiger partial charge on any atom is -0.341 e. The van der Waals surface area contributed by atoms with Gasteiger partial charge in [0.2, 0.25) is 5.91 Å². The Labute approximate surface area is 111 Å². The van der Waals surface area contributed by atoms with Crippen LogP contribution in [0.4, 0.5) is 13.2 Å². The van der Waals surface area contributed by atoms with Gasteiger partial charge in [-0.2, -0.15) is 0 Å². The van der Waals surface area contributed by atoms with E-state index >= 15 is 0 Å². The smallest absolute Gasteiger partial charge is 0.228 e. The van der Waals surface area contributed by atoms with Crippen LogP contribution in [0, 0.1) is 22.9 Å². The lowest BCUT2D eigenvalue weighted by molar-refractivity contribution is -0.139. The molecule has 19 heavy (non-hydrogen) atoms. The Kier molecular flexibility index (Phi) is 4.61. The van der Waals surface area contributed by atoms with Gasteiger partial charge in [0.25, 0.3) is 0 Å². The Morgan fingerprint density at radius 2 is 1.68 bits per heavy atom. The number of rotatable bonds is 4. The first-order valence-electron chi connectivity index (χ1n) is 6.08. The molecular formula is C14H18F3NO. The Morgan fingerprint density at radius 3 is 2.11 bits per heavy atom. The Morgan fingerprint density at radius 1 is 1.21 bits per heavy atom. The molecule has 1 aromatic carbocycles. The van der Waals surface area contributed by atoms with Crippen molar-refractivity contribution in [3.8, 4) is 0 Å². The highest BCUT2D eigenvalue weighted by molar-refractivity contribution is 5.81. The minimum atomic E-state index is -0.980. The first-order valence-corrected chi connectivity index (χ1v) is 6.08. The van der Waals surface area contributed by atoms with Gasteiger partial charge in [0.1, 0.15) is 17.5 Å². The summed E-state index contributed by atoms with van der Waals surface area (Å²) in [4.78, 5) is 13.3. The maximum absolute atomic E-state index is 13.5. The molecule has 0 saturated carbocycles. The average molecular weight is 273 g/mol. The van der Waals surface area contributed by atoms with Crippen molar-refractivity contribution in [2.45, 2.75) is 33.7 Å². The Hall–Kier alpha value is -1.52. The molecule has 2 nitrogen and oxygen atoms in total. The van der Waals surface area contributed by atoms with E-state index in [1.807, 2.05) is 6.92 Å². The normalized spacial score (nSPS) is 11.5. The van der Waals surface area contributed by atoms with Crippen molar-refractivity contribution in [3.05, 3.63) is 35.1 Å². The maximum atomic E-state index is 13.5. The largest absolute Gasteiger partial charge is 0.341 e. The highest BCUT2D eigenvalue weighted by Crippen LogP contribution is 2.24. The molecular weight excluding hydrogens is 255 g/mol. The lowest BCUT2D eigenvalue weighted by atomic mass is 9.88. The summed E-state index contributed by atoms with van der Waals surface area (Å²) in [5.74, 6) is -3.14. The second-order valence-electron chi connectivity index (χ2n) is 5.25. The van der Waals surface area contributed by atoms with Crippen molar-refractivity contribution < 1.29 is 18.0 Å². The molecule has 0 fully saturated rings. The molecule has 0 N–H and O–H groups in total. The summed E-state index contributed by atoms with van der Waals surface area (Å²) in [6, 6.07) is 1.23. The molecule has 0 saturated heterocycles. The number of amides is 1. The quantitative estimate of drug-likeness (QED) is 0.822. The van der Waals surface area contributed by atoms with Crippen LogP contribution in [-0.2, 0) is 11.3 Å². The van der Waals surface area contributed by atoms with Crippen molar-refractivity contribution in [3.63, 3.8) is 0 Å². The predicted octanol–water partition coefficient (Wildman–Crippen LogP) is 3.50. The number of hydrogen-bond acceptors (Lipinski definition) is 1. The average Bonchev–Trinajstić information content (AvgIpc) is 2.32. The third-order valence-corrected chi connectivity index (χ3v) is 3.31. The number of halogens is 3. The van der Waals surface area contributed by atoms with E-state index in [-0.39, 0.29) is 18.0 Å². The van der Waals surface area contributed by atoms with Crippen molar-refractivity contribution in [2.24, 2.45) is 5.41 Å². The van der Waals surface area contributed by atoms with Crippen LogP contribution in [0.3, 0.4) is 0 Å². The van der Waals surface area contributed by atoms with Crippen molar-refractivity contribution in [1.82, 2.24) is 4.90 Å². The molecule has 1 aromatic rings. The van der Waals surface area contributed by atoms with Gasteiger partial charge < -0.3 is 4.90 Å². The lowest BCUT2D eigenvalue weighted by Crippen LogP contribution is -2.38. The molecule has 0 aliphatic carbocycles. The molecule has 1 rings (SSSR count). The summed E-state index contributed by atoms with van der Waals surface area (Å²) in [7, 11) is 1.47. The van der Waals surface area contributed by atoms with Crippen LogP contribution in [0.5, 0.6) is 0 Å². The summed E-state index contributed by atoms with van der Waals surface area (Å²) in [5, 5.41) is 0. The van der Waals surface area contributed by atoms with Crippen molar-refractivity contribution >= 4 is 5.91 Å². The van der Waals surface area contributed by atoms with Crippen LogP contribution in [0.1, 0.15) is 32.8 Å². The van der Waals surface area contributed by atoms with Crippen molar-refractivity contribution in [2.75, 3.05) is 7.05 Å². The molecule has 1 amide bonds. The SMILES string of the molecule is CCC(C)(C)C(=O)N(C)Cc1c(F)cc(F)cc1F. The highest BCUT2D eigenvalue weighted by atomic mass is 19.1. The second-order valence-corrected chi connectivity index (χ2v) is 5.25. The van der Waals surface area contributed by atoms with E-state index in [4.69, 9.17) is 0 Å². The fourth-order valence-corrected chi connectivity index (χ4v) is 1.70. The van der Waals surface area contributed by atoms with Crippen LogP contribution in [0.15, 0.2) is 12.1 Å². The summed E-state index contributed by atoms with van der Waals surface area (Å²) >= 11 is 0. The van der Waals surface area contributed by atoms with E-state index < -0.39 is 22.9 Å². The third kappa shape index (κ3) is 3.49. The molecule has 0 aliphatic rings. The maximum Gasteiger partial charge on any atom is 0.228 e. The number of carbonyl (C=O) groups is 1. The molecule has 5 heteroatoms. The number of benzene rings is 1. The van der Waals surface area contributed by atoms with Gasteiger partial charge in [0.05, 0.1) is 6.54 Å². The highest BCUT2D eigenvalue weighted by Gasteiger charge is 2.29. The summed E-state index contributed by atoms with van der Waals surface area (Å²) < 4.78 is 39.8. The van der Waals surface area contributed by atoms with Crippen LogP contribution in [0.25, 0.3) is 0 Å². The van der Waals surface area contributed by atoms with Crippen molar-refractivity contribution in [1.29, 1.82) is 0 Å². The molecule has 0 heterocycles. The molecule has 0 atom stereocenters. The fraction of sp³-hybridized carbons (Fsp3) is 0.500. The van der Waals surface area contributed by atoms with Gasteiger partial charge >= 0.3 is 0 Å². The number of hydrogen-bond donors (Lipinski definition) is 0. The molecule has 106 valence electrons. The first kappa shape index (κ1) is 15.5. The molecule has 0 bridgehead atoms. The number of carbonyl (C=O) groups excluding carboxylic acids is 1. The zero-order valence-corrected chi connectivity index (χ0v) is 11.6. The monoisotopic (exact) mass is 273 g/mol. The first-order chi connectivity index (χ1) is 8.69. The zero-order chi connectivity index (χ0) is 14.8. The Bertz CT molecular complexity index is 463. The van der Waals surface area contributed by atoms with Crippen LogP contribution < -0.4 is 0 Å². The minimum absolute atomic E-state index is 0.210. The van der Waals surface area contributed by atoms with Crippen LogP contribution in [0.2, 0.25) is 0 Å².